The molecule has 5 rings (SSSR count). The van der Waals surface area contributed by atoms with Crippen LogP contribution in [0, 0.1) is 5.82 Å². The van der Waals surface area contributed by atoms with E-state index in [1.807, 2.05) is 30.5 Å². The van der Waals surface area contributed by atoms with E-state index in [4.69, 9.17) is 14.2 Å². The molecule has 2 aliphatic heterocycles. The SMILES string of the molecule is COc1ccc2ncc(F)c(CCN3CCC(NCc4cnc5c(c4)OCCO5)CC3)c2c1. The summed E-state index contributed by atoms with van der Waals surface area (Å²) >= 11 is 0. The minimum atomic E-state index is -0.250. The minimum absolute atomic E-state index is 0.250. The van der Waals surface area contributed by atoms with Crippen LogP contribution in [0.2, 0.25) is 0 Å². The van der Waals surface area contributed by atoms with E-state index in [0.29, 0.717) is 37.1 Å². The Morgan fingerprint density at radius 3 is 2.82 bits per heavy atom. The highest BCUT2D eigenvalue weighted by atomic mass is 19.1. The molecule has 4 heterocycles. The molecule has 8 heteroatoms. The Bertz CT molecular complexity index is 1120. The number of ether oxygens (including phenoxy) is 3. The number of hydrogen-bond donors (Lipinski definition) is 1. The zero-order valence-corrected chi connectivity index (χ0v) is 18.8. The third-order valence-electron chi connectivity index (χ3n) is 6.45. The Hall–Kier alpha value is -2.97. The number of benzene rings is 1. The van der Waals surface area contributed by atoms with E-state index in [0.717, 1.165) is 67.0 Å². The van der Waals surface area contributed by atoms with Gasteiger partial charge in [0.1, 0.15) is 24.8 Å². The van der Waals surface area contributed by atoms with Gasteiger partial charge < -0.3 is 24.4 Å². The monoisotopic (exact) mass is 452 g/mol. The number of piperidine rings is 1. The Morgan fingerprint density at radius 1 is 1.12 bits per heavy atom. The Morgan fingerprint density at radius 2 is 1.97 bits per heavy atom. The normalized spacial score (nSPS) is 16.8. The number of methoxy groups -OCH3 is 1. The van der Waals surface area contributed by atoms with Crippen LogP contribution in [0.3, 0.4) is 0 Å². The van der Waals surface area contributed by atoms with Crippen molar-refractivity contribution in [2.45, 2.75) is 31.8 Å². The fourth-order valence-electron chi connectivity index (χ4n) is 4.55. The van der Waals surface area contributed by atoms with E-state index in [2.05, 4.69) is 20.2 Å². The van der Waals surface area contributed by atoms with Crippen LogP contribution in [0.4, 0.5) is 4.39 Å². The molecule has 1 saturated heterocycles. The molecule has 2 aliphatic rings. The number of fused-ring (bicyclic) bond motifs is 2. The van der Waals surface area contributed by atoms with Gasteiger partial charge in [0.2, 0.25) is 0 Å². The number of nitrogens with zero attached hydrogens (tertiary/aromatic N) is 3. The summed E-state index contributed by atoms with van der Waals surface area (Å²) in [6.45, 7) is 4.68. The van der Waals surface area contributed by atoms with E-state index in [-0.39, 0.29) is 5.82 Å². The van der Waals surface area contributed by atoms with E-state index in [1.54, 1.807) is 7.11 Å². The van der Waals surface area contributed by atoms with Gasteiger partial charge in [0.05, 0.1) is 18.8 Å². The van der Waals surface area contributed by atoms with Crippen LogP contribution in [-0.2, 0) is 13.0 Å². The van der Waals surface area contributed by atoms with Crippen molar-refractivity contribution in [2.75, 3.05) is 40.0 Å². The highest BCUT2D eigenvalue weighted by Crippen LogP contribution is 2.28. The summed E-state index contributed by atoms with van der Waals surface area (Å²) < 4.78 is 31.0. The van der Waals surface area contributed by atoms with Gasteiger partial charge in [-0.25, -0.2) is 9.37 Å². The molecule has 1 fully saturated rings. The van der Waals surface area contributed by atoms with Gasteiger partial charge in [0.25, 0.3) is 5.88 Å². The molecule has 174 valence electrons. The van der Waals surface area contributed by atoms with Crippen molar-refractivity contribution in [3.63, 3.8) is 0 Å². The molecule has 0 aliphatic carbocycles. The zero-order valence-electron chi connectivity index (χ0n) is 18.8. The van der Waals surface area contributed by atoms with E-state index < -0.39 is 0 Å². The van der Waals surface area contributed by atoms with Gasteiger partial charge in [-0.3, -0.25) is 4.98 Å². The van der Waals surface area contributed by atoms with Crippen molar-refractivity contribution in [3.8, 4) is 17.4 Å². The predicted molar refractivity (Wildman–Crippen MR) is 123 cm³/mol. The number of pyridine rings is 2. The molecule has 0 atom stereocenters. The highest BCUT2D eigenvalue weighted by molar-refractivity contribution is 5.83. The number of halogens is 1. The largest absolute Gasteiger partial charge is 0.497 e. The molecule has 0 spiro atoms. The van der Waals surface area contributed by atoms with Crippen molar-refractivity contribution in [1.82, 2.24) is 20.2 Å². The Kier molecular flexibility index (Phi) is 6.55. The maximum absolute atomic E-state index is 14.6. The minimum Gasteiger partial charge on any atom is -0.497 e. The number of nitrogens with one attached hydrogen (secondary N) is 1. The molecule has 1 aromatic carbocycles. The number of rotatable bonds is 7. The number of likely N-dealkylation sites (tertiary alicyclic amines) is 1. The first-order valence-corrected chi connectivity index (χ1v) is 11.5. The third-order valence-corrected chi connectivity index (χ3v) is 6.45. The van der Waals surface area contributed by atoms with Gasteiger partial charge in [0, 0.05) is 36.3 Å². The van der Waals surface area contributed by atoms with Crippen molar-refractivity contribution in [1.29, 1.82) is 0 Å². The summed E-state index contributed by atoms with van der Waals surface area (Å²) in [4.78, 5) is 11.0. The van der Waals surface area contributed by atoms with Crippen LogP contribution in [-0.4, -0.2) is 60.9 Å². The molecule has 1 N–H and O–H groups in total. The van der Waals surface area contributed by atoms with Crippen LogP contribution >= 0.6 is 0 Å². The van der Waals surface area contributed by atoms with Gasteiger partial charge in [-0.15, -0.1) is 0 Å². The quantitative estimate of drug-likeness (QED) is 0.590. The lowest BCUT2D eigenvalue weighted by Gasteiger charge is -2.32. The smallest absolute Gasteiger partial charge is 0.257 e. The van der Waals surface area contributed by atoms with Crippen molar-refractivity contribution < 1.29 is 18.6 Å². The highest BCUT2D eigenvalue weighted by Gasteiger charge is 2.20. The maximum atomic E-state index is 14.6. The van der Waals surface area contributed by atoms with Crippen LogP contribution in [0.1, 0.15) is 24.0 Å². The summed E-state index contributed by atoms with van der Waals surface area (Å²) in [5, 5.41) is 4.47. The van der Waals surface area contributed by atoms with Crippen LogP contribution in [0.15, 0.2) is 36.7 Å². The first-order valence-electron chi connectivity index (χ1n) is 11.5. The van der Waals surface area contributed by atoms with Gasteiger partial charge in [-0.05, 0) is 62.2 Å². The first kappa shape index (κ1) is 21.9. The van der Waals surface area contributed by atoms with Gasteiger partial charge in [-0.2, -0.15) is 0 Å². The molecule has 7 nitrogen and oxygen atoms in total. The average molecular weight is 453 g/mol. The van der Waals surface area contributed by atoms with E-state index in [1.165, 1.54) is 6.20 Å². The van der Waals surface area contributed by atoms with Crippen LogP contribution in [0.5, 0.6) is 17.4 Å². The lowest BCUT2D eigenvalue weighted by atomic mass is 10.0. The number of hydrogen-bond acceptors (Lipinski definition) is 7. The standard InChI is InChI=1S/C25H29FN4O3/c1-31-19-2-3-23-21(13-19)20(22(26)16-28-23)6-9-30-7-4-18(5-8-30)27-14-17-12-24-25(29-15-17)33-11-10-32-24/h2-3,12-13,15-16,18,27H,4-11,14H2,1H3. The molecule has 0 bridgehead atoms. The van der Waals surface area contributed by atoms with E-state index in [9.17, 15) is 4.39 Å². The predicted octanol–water partition coefficient (Wildman–Crippen LogP) is 3.35. The Balaban J connectivity index is 1.13. The molecule has 0 amide bonds. The average Bonchev–Trinajstić information content (AvgIpc) is 2.87. The van der Waals surface area contributed by atoms with Crippen LogP contribution < -0.4 is 19.5 Å². The third kappa shape index (κ3) is 5.02. The molecular formula is C25H29FN4O3. The second-order valence-corrected chi connectivity index (χ2v) is 8.56. The first-order chi connectivity index (χ1) is 16.2. The van der Waals surface area contributed by atoms with Crippen LogP contribution in [0.25, 0.3) is 10.9 Å². The summed E-state index contributed by atoms with van der Waals surface area (Å²) in [6, 6.07) is 8.08. The van der Waals surface area contributed by atoms with Gasteiger partial charge >= 0.3 is 0 Å². The molecule has 2 aromatic heterocycles. The summed E-state index contributed by atoms with van der Waals surface area (Å²) in [5.41, 5.74) is 2.60. The van der Waals surface area contributed by atoms with E-state index >= 15 is 0 Å². The number of aromatic nitrogens is 2. The van der Waals surface area contributed by atoms with Crippen molar-refractivity contribution in [2.24, 2.45) is 0 Å². The molecule has 3 aromatic rings. The molecular weight excluding hydrogens is 423 g/mol. The lowest BCUT2D eigenvalue weighted by Crippen LogP contribution is -2.42. The second kappa shape index (κ2) is 9.89. The maximum Gasteiger partial charge on any atom is 0.257 e. The second-order valence-electron chi connectivity index (χ2n) is 8.56. The lowest BCUT2D eigenvalue weighted by molar-refractivity contribution is 0.164. The Labute approximate surface area is 192 Å². The zero-order chi connectivity index (χ0) is 22.6. The molecule has 33 heavy (non-hydrogen) atoms. The molecule has 0 radical (unpaired) electrons. The summed E-state index contributed by atoms with van der Waals surface area (Å²) in [7, 11) is 1.62. The molecule has 0 unspecified atom stereocenters. The topological polar surface area (TPSA) is 68.7 Å². The van der Waals surface area contributed by atoms with Gasteiger partial charge in [0.15, 0.2) is 5.75 Å². The van der Waals surface area contributed by atoms with Gasteiger partial charge in [-0.1, -0.05) is 0 Å². The van der Waals surface area contributed by atoms with Crippen molar-refractivity contribution in [3.05, 3.63) is 53.6 Å². The summed E-state index contributed by atoms with van der Waals surface area (Å²) in [6.07, 6.45) is 5.95. The fourth-order valence-corrected chi connectivity index (χ4v) is 4.55. The molecule has 0 saturated carbocycles. The summed E-state index contributed by atoms with van der Waals surface area (Å²) in [5.74, 6) is 1.77. The van der Waals surface area contributed by atoms with Crippen molar-refractivity contribution >= 4 is 10.9 Å². The fraction of sp³-hybridized carbons (Fsp3) is 0.440.